The minimum absolute atomic E-state index is 0.0580. The fourth-order valence-corrected chi connectivity index (χ4v) is 3.91. The minimum Gasteiger partial charge on any atom is -0.457 e. The molecule has 0 spiro atoms. The molecule has 0 bridgehead atoms. The SMILES string of the molecule is CC1(C)CC(=O)c2cc(C(=O)OCc3ccccc3)c(=O)n(-c3ccccc3)c2C1. The number of esters is 1. The van der Waals surface area contributed by atoms with Gasteiger partial charge in [-0.15, -0.1) is 0 Å². The third kappa shape index (κ3) is 3.83. The van der Waals surface area contributed by atoms with Crippen molar-refractivity contribution >= 4 is 11.8 Å². The summed E-state index contributed by atoms with van der Waals surface area (Å²) in [6.07, 6.45) is 0.934. The highest BCUT2D eigenvalue weighted by atomic mass is 16.5. The van der Waals surface area contributed by atoms with Crippen molar-refractivity contribution in [1.82, 2.24) is 4.57 Å². The largest absolute Gasteiger partial charge is 0.457 e. The summed E-state index contributed by atoms with van der Waals surface area (Å²) in [5.74, 6) is -0.794. The van der Waals surface area contributed by atoms with Gasteiger partial charge in [-0.3, -0.25) is 14.2 Å². The van der Waals surface area contributed by atoms with Crippen molar-refractivity contribution in [3.63, 3.8) is 0 Å². The fourth-order valence-electron chi connectivity index (χ4n) is 3.91. The van der Waals surface area contributed by atoms with E-state index in [9.17, 15) is 14.4 Å². The highest BCUT2D eigenvalue weighted by Gasteiger charge is 2.35. The van der Waals surface area contributed by atoms with Gasteiger partial charge in [0.2, 0.25) is 0 Å². The van der Waals surface area contributed by atoms with E-state index in [4.69, 9.17) is 4.74 Å². The number of fused-ring (bicyclic) bond motifs is 1. The van der Waals surface area contributed by atoms with E-state index in [1.165, 1.54) is 10.6 Å². The van der Waals surface area contributed by atoms with Gasteiger partial charge in [-0.25, -0.2) is 4.79 Å². The van der Waals surface area contributed by atoms with Crippen LogP contribution in [0.3, 0.4) is 0 Å². The summed E-state index contributed by atoms with van der Waals surface area (Å²) in [6, 6.07) is 19.8. The van der Waals surface area contributed by atoms with Gasteiger partial charge >= 0.3 is 5.97 Å². The number of ether oxygens (including phenoxy) is 1. The average Bonchev–Trinajstić information content (AvgIpc) is 2.72. The van der Waals surface area contributed by atoms with Gasteiger partial charge in [-0.05, 0) is 35.6 Å². The Labute approximate surface area is 174 Å². The third-order valence-electron chi connectivity index (χ3n) is 5.34. The summed E-state index contributed by atoms with van der Waals surface area (Å²) >= 11 is 0. The molecule has 1 heterocycles. The van der Waals surface area contributed by atoms with Gasteiger partial charge in [0, 0.05) is 23.4 Å². The van der Waals surface area contributed by atoms with Crippen LogP contribution in [0.15, 0.2) is 71.5 Å². The predicted octanol–water partition coefficient (Wildman–Crippen LogP) is 4.35. The zero-order valence-corrected chi connectivity index (χ0v) is 17.1. The van der Waals surface area contributed by atoms with Crippen molar-refractivity contribution in [3.8, 4) is 5.69 Å². The molecular weight excluding hydrogens is 378 g/mol. The lowest BCUT2D eigenvalue weighted by molar-refractivity contribution is 0.0470. The summed E-state index contributed by atoms with van der Waals surface area (Å²) < 4.78 is 6.88. The van der Waals surface area contributed by atoms with Crippen LogP contribution in [0.2, 0.25) is 0 Å². The van der Waals surface area contributed by atoms with E-state index in [-0.39, 0.29) is 23.4 Å². The molecule has 0 atom stereocenters. The van der Waals surface area contributed by atoms with Crippen LogP contribution in [-0.2, 0) is 17.8 Å². The number of para-hydroxylation sites is 1. The molecule has 0 saturated heterocycles. The lowest BCUT2D eigenvalue weighted by Crippen LogP contribution is -2.36. The van der Waals surface area contributed by atoms with Gasteiger partial charge in [-0.2, -0.15) is 0 Å². The van der Waals surface area contributed by atoms with E-state index in [0.29, 0.717) is 29.8 Å². The highest BCUT2D eigenvalue weighted by molar-refractivity contribution is 6.01. The summed E-state index contributed by atoms with van der Waals surface area (Å²) in [4.78, 5) is 39.0. The van der Waals surface area contributed by atoms with Gasteiger partial charge in [0.15, 0.2) is 5.78 Å². The molecule has 1 aliphatic carbocycles. The summed E-state index contributed by atoms with van der Waals surface area (Å²) in [5.41, 5.74) is 1.66. The van der Waals surface area contributed by atoms with E-state index < -0.39 is 11.5 Å². The summed E-state index contributed by atoms with van der Waals surface area (Å²) in [6.45, 7) is 4.08. The Bertz CT molecular complexity index is 1160. The summed E-state index contributed by atoms with van der Waals surface area (Å²) in [7, 11) is 0. The second-order valence-corrected chi connectivity index (χ2v) is 8.40. The molecule has 0 fully saturated rings. The molecule has 1 aliphatic rings. The molecule has 2 aromatic carbocycles. The number of aromatic nitrogens is 1. The standard InChI is InChI=1S/C25H23NO4/c1-25(2)14-21-19(22(27)15-25)13-20(23(28)26(21)18-11-7-4-8-12-18)24(29)30-16-17-9-5-3-6-10-17/h3-13H,14-16H2,1-2H3. The highest BCUT2D eigenvalue weighted by Crippen LogP contribution is 2.35. The Morgan fingerprint density at radius 1 is 0.967 bits per heavy atom. The van der Waals surface area contributed by atoms with Crippen molar-refractivity contribution in [2.45, 2.75) is 33.3 Å². The monoisotopic (exact) mass is 401 g/mol. The number of benzene rings is 2. The Kier molecular flexibility index (Phi) is 5.12. The molecule has 5 nitrogen and oxygen atoms in total. The van der Waals surface area contributed by atoms with Crippen molar-refractivity contribution in [1.29, 1.82) is 0 Å². The first-order valence-corrected chi connectivity index (χ1v) is 9.94. The Hall–Kier alpha value is -3.47. The number of hydrogen-bond acceptors (Lipinski definition) is 4. The molecule has 30 heavy (non-hydrogen) atoms. The number of ketones is 1. The maximum atomic E-state index is 13.4. The molecule has 1 aromatic heterocycles. The molecule has 0 unspecified atom stereocenters. The van der Waals surface area contributed by atoms with E-state index >= 15 is 0 Å². The number of carbonyl (C=O) groups excluding carboxylic acids is 2. The van der Waals surface area contributed by atoms with Crippen molar-refractivity contribution < 1.29 is 14.3 Å². The predicted molar refractivity (Wildman–Crippen MR) is 114 cm³/mol. The normalized spacial score (nSPS) is 14.8. The Balaban J connectivity index is 1.81. The smallest absolute Gasteiger partial charge is 0.344 e. The lowest BCUT2D eigenvalue weighted by atomic mass is 9.75. The Morgan fingerprint density at radius 3 is 2.27 bits per heavy atom. The first-order valence-electron chi connectivity index (χ1n) is 9.94. The number of nitrogens with zero attached hydrogens (tertiary/aromatic N) is 1. The van der Waals surface area contributed by atoms with Gasteiger partial charge in [0.25, 0.3) is 5.56 Å². The third-order valence-corrected chi connectivity index (χ3v) is 5.34. The van der Waals surface area contributed by atoms with Crippen LogP contribution in [0, 0.1) is 5.41 Å². The number of Topliss-reactive ketones (excluding diaryl/α,β-unsaturated/α-hetero) is 1. The van der Waals surface area contributed by atoms with E-state index in [1.54, 1.807) is 12.1 Å². The number of rotatable bonds is 4. The van der Waals surface area contributed by atoms with Gasteiger partial charge in [-0.1, -0.05) is 62.4 Å². The zero-order valence-electron chi connectivity index (χ0n) is 17.1. The molecule has 4 rings (SSSR count). The van der Waals surface area contributed by atoms with Gasteiger partial charge in [0.05, 0.1) is 0 Å². The first-order chi connectivity index (χ1) is 14.4. The minimum atomic E-state index is -0.728. The second-order valence-electron chi connectivity index (χ2n) is 8.40. The molecule has 152 valence electrons. The molecule has 5 heteroatoms. The molecule has 0 aliphatic heterocycles. The fraction of sp³-hybridized carbons (Fsp3) is 0.240. The van der Waals surface area contributed by atoms with Gasteiger partial charge < -0.3 is 4.74 Å². The quantitative estimate of drug-likeness (QED) is 0.610. The van der Waals surface area contributed by atoms with Crippen LogP contribution < -0.4 is 5.56 Å². The van der Waals surface area contributed by atoms with Crippen LogP contribution in [0.4, 0.5) is 0 Å². The van der Waals surface area contributed by atoms with Crippen LogP contribution in [0.25, 0.3) is 5.69 Å². The molecule has 0 saturated carbocycles. The van der Waals surface area contributed by atoms with Crippen molar-refractivity contribution in [3.05, 3.63) is 99.5 Å². The zero-order chi connectivity index (χ0) is 21.3. The van der Waals surface area contributed by atoms with Crippen LogP contribution in [0.1, 0.15) is 52.2 Å². The van der Waals surface area contributed by atoms with E-state index in [1.807, 2.05) is 62.4 Å². The van der Waals surface area contributed by atoms with Gasteiger partial charge in [0.1, 0.15) is 12.2 Å². The van der Waals surface area contributed by atoms with Crippen molar-refractivity contribution in [2.24, 2.45) is 5.41 Å². The van der Waals surface area contributed by atoms with Crippen LogP contribution in [-0.4, -0.2) is 16.3 Å². The van der Waals surface area contributed by atoms with Crippen LogP contribution >= 0.6 is 0 Å². The molecular formula is C25H23NO4. The Morgan fingerprint density at radius 2 is 1.60 bits per heavy atom. The average molecular weight is 401 g/mol. The molecule has 0 radical (unpaired) electrons. The first kappa shape index (κ1) is 19.8. The number of hydrogen-bond donors (Lipinski definition) is 0. The van der Waals surface area contributed by atoms with E-state index in [2.05, 4.69) is 0 Å². The van der Waals surface area contributed by atoms with Crippen LogP contribution in [0.5, 0.6) is 0 Å². The lowest BCUT2D eigenvalue weighted by Gasteiger charge is -2.32. The molecule has 0 amide bonds. The molecule has 3 aromatic rings. The maximum Gasteiger partial charge on any atom is 0.344 e. The molecule has 0 N–H and O–H groups in total. The number of pyridine rings is 1. The summed E-state index contributed by atoms with van der Waals surface area (Å²) in [5, 5.41) is 0. The topological polar surface area (TPSA) is 65.4 Å². The van der Waals surface area contributed by atoms with E-state index in [0.717, 1.165) is 5.56 Å². The number of carbonyl (C=O) groups is 2. The maximum absolute atomic E-state index is 13.4. The second kappa shape index (κ2) is 7.75. The van der Waals surface area contributed by atoms with Crippen molar-refractivity contribution in [2.75, 3.05) is 0 Å².